The van der Waals surface area contributed by atoms with E-state index < -0.39 is 17.8 Å². The van der Waals surface area contributed by atoms with Crippen molar-refractivity contribution in [3.8, 4) is 5.75 Å². The first kappa shape index (κ1) is 12.6. The first-order valence-corrected chi connectivity index (χ1v) is 4.53. The smallest absolute Gasteiger partial charge is 0.416 e. The summed E-state index contributed by atoms with van der Waals surface area (Å²) < 4.78 is 42.9. The van der Waals surface area contributed by atoms with Gasteiger partial charge in [0, 0.05) is 6.04 Å². The molecule has 16 heavy (non-hydrogen) atoms. The Hall–Kier alpha value is -1.49. The summed E-state index contributed by atoms with van der Waals surface area (Å²) in [5.74, 6) is 0.146. The molecular weight excluding hydrogens is 219 g/mol. The van der Waals surface area contributed by atoms with Crippen LogP contribution in [0.15, 0.2) is 30.9 Å². The third kappa shape index (κ3) is 2.55. The van der Waals surface area contributed by atoms with Gasteiger partial charge < -0.3 is 10.5 Å². The lowest BCUT2D eigenvalue weighted by Gasteiger charge is -2.16. The zero-order valence-electron chi connectivity index (χ0n) is 8.71. The molecular formula is C11H12F3NO. The average Bonchev–Trinajstić information content (AvgIpc) is 2.26. The normalized spacial score (nSPS) is 13.3. The Kier molecular flexibility index (Phi) is 3.59. The summed E-state index contributed by atoms with van der Waals surface area (Å²) in [6.45, 7) is 3.38. The van der Waals surface area contributed by atoms with Gasteiger partial charge in [-0.05, 0) is 17.7 Å². The molecule has 0 radical (unpaired) electrons. The van der Waals surface area contributed by atoms with Crippen molar-refractivity contribution < 1.29 is 17.9 Å². The highest BCUT2D eigenvalue weighted by Gasteiger charge is 2.34. The second kappa shape index (κ2) is 4.57. The molecule has 0 saturated heterocycles. The zero-order valence-corrected chi connectivity index (χ0v) is 8.71. The van der Waals surface area contributed by atoms with E-state index in [1.54, 1.807) is 0 Å². The molecule has 1 atom stereocenters. The van der Waals surface area contributed by atoms with Crippen molar-refractivity contribution in [2.24, 2.45) is 5.73 Å². The standard InChI is InChI=1S/C11H12F3NO/c1-3-10(15)8-5-4-7(16-2)6-9(8)11(12,13)14/h3-6,10H,1,15H2,2H3/t10-/m1/s1. The Morgan fingerprint density at radius 3 is 2.50 bits per heavy atom. The Labute approximate surface area is 91.5 Å². The summed E-state index contributed by atoms with van der Waals surface area (Å²) in [5.41, 5.74) is 4.72. The van der Waals surface area contributed by atoms with Gasteiger partial charge in [0.2, 0.25) is 0 Å². The van der Waals surface area contributed by atoms with Gasteiger partial charge in [0.15, 0.2) is 0 Å². The minimum absolute atomic E-state index is 0.0108. The molecule has 0 amide bonds. The molecule has 0 saturated carbocycles. The quantitative estimate of drug-likeness (QED) is 0.812. The topological polar surface area (TPSA) is 35.2 Å². The number of alkyl halides is 3. The van der Waals surface area contributed by atoms with E-state index >= 15 is 0 Å². The number of halogens is 3. The van der Waals surface area contributed by atoms with Crippen LogP contribution in [0.2, 0.25) is 0 Å². The summed E-state index contributed by atoms with van der Waals surface area (Å²) in [4.78, 5) is 0. The minimum atomic E-state index is -4.45. The van der Waals surface area contributed by atoms with Gasteiger partial charge in [0.25, 0.3) is 0 Å². The molecule has 1 aromatic carbocycles. The summed E-state index contributed by atoms with van der Waals surface area (Å²) in [6.07, 6.45) is -3.19. The maximum absolute atomic E-state index is 12.7. The monoisotopic (exact) mass is 231 g/mol. The second-order valence-electron chi connectivity index (χ2n) is 3.21. The van der Waals surface area contributed by atoms with Gasteiger partial charge in [-0.1, -0.05) is 12.1 Å². The Morgan fingerprint density at radius 2 is 2.06 bits per heavy atom. The fourth-order valence-electron chi connectivity index (χ4n) is 1.33. The molecule has 0 spiro atoms. The molecule has 1 aromatic rings. The molecule has 0 bridgehead atoms. The summed E-state index contributed by atoms with van der Waals surface area (Å²) >= 11 is 0. The van der Waals surface area contributed by atoms with Gasteiger partial charge in [-0.2, -0.15) is 13.2 Å². The Bertz CT molecular complexity index is 387. The van der Waals surface area contributed by atoms with Crippen LogP contribution in [0.4, 0.5) is 13.2 Å². The van der Waals surface area contributed by atoms with Crippen LogP contribution in [0.3, 0.4) is 0 Å². The van der Waals surface area contributed by atoms with Gasteiger partial charge in [0.05, 0.1) is 12.7 Å². The summed E-state index contributed by atoms with van der Waals surface area (Å²) in [7, 11) is 1.31. The largest absolute Gasteiger partial charge is 0.497 e. The van der Waals surface area contributed by atoms with Crippen molar-refractivity contribution in [2.45, 2.75) is 12.2 Å². The molecule has 1 rings (SSSR count). The highest BCUT2D eigenvalue weighted by molar-refractivity contribution is 5.40. The molecule has 88 valence electrons. The molecule has 0 fully saturated rings. The van der Waals surface area contributed by atoms with Crippen molar-refractivity contribution >= 4 is 0 Å². The predicted molar refractivity (Wildman–Crippen MR) is 55.1 cm³/mol. The summed E-state index contributed by atoms with van der Waals surface area (Å²) in [5, 5.41) is 0. The fraction of sp³-hybridized carbons (Fsp3) is 0.273. The Balaban J connectivity index is 3.33. The fourth-order valence-corrected chi connectivity index (χ4v) is 1.33. The third-order valence-corrected chi connectivity index (χ3v) is 2.18. The number of hydrogen-bond acceptors (Lipinski definition) is 2. The van der Waals surface area contributed by atoms with Crippen LogP contribution in [0.5, 0.6) is 5.75 Å². The first-order chi connectivity index (χ1) is 7.40. The van der Waals surface area contributed by atoms with E-state index in [-0.39, 0.29) is 11.3 Å². The molecule has 0 aliphatic rings. The van der Waals surface area contributed by atoms with Crippen LogP contribution in [-0.2, 0) is 6.18 Å². The van der Waals surface area contributed by atoms with E-state index in [1.807, 2.05) is 0 Å². The number of hydrogen-bond donors (Lipinski definition) is 1. The molecule has 0 heterocycles. The van der Waals surface area contributed by atoms with Gasteiger partial charge >= 0.3 is 6.18 Å². The molecule has 0 aromatic heterocycles. The van der Waals surface area contributed by atoms with Crippen LogP contribution in [0, 0.1) is 0 Å². The van der Waals surface area contributed by atoms with Crippen LogP contribution >= 0.6 is 0 Å². The van der Waals surface area contributed by atoms with Crippen molar-refractivity contribution in [3.05, 3.63) is 42.0 Å². The predicted octanol–water partition coefficient (Wildman–Crippen LogP) is 2.90. The molecule has 0 aliphatic heterocycles. The first-order valence-electron chi connectivity index (χ1n) is 4.53. The number of benzene rings is 1. The SMILES string of the molecule is C=C[C@@H](N)c1ccc(OC)cc1C(F)(F)F. The van der Waals surface area contributed by atoms with Gasteiger partial charge in [-0.25, -0.2) is 0 Å². The average molecular weight is 231 g/mol. The highest BCUT2D eigenvalue weighted by atomic mass is 19.4. The minimum Gasteiger partial charge on any atom is -0.497 e. The molecule has 0 aliphatic carbocycles. The molecule has 5 heteroatoms. The highest BCUT2D eigenvalue weighted by Crippen LogP contribution is 2.36. The van der Waals surface area contributed by atoms with Crippen LogP contribution in [0.25, 0.3) is 0 Å². The lowest BCUT2D eigenvalue weighted by atomic mass is 10.00. The van der Waals surface area contributed by atoms with E-state index in [2.05, 4.69) is 6.58 Å². The van der Waals surface area contributed by atoms with Crippen molar-refractivity contribution in [2.75, 3.05) is 7.11 Å². The molecule has 2 nitrogen and oxygen atoms in total. The number of rotatable bonds is 3. The van der Waals surface area contributed by atoms with Gasteiger partial charge in [-0.15, -0.1) is 6.58 Å². The van der Waals surface area contributed by atoms with Crippen LogP contribution in [0.1, 0.15) is 17.2 Å². The summed E-state index contributed by atoms with van der Waals surface area (Å²) in [6, 6.07) is 2.82. The zero-order chi connectivity index (χ0) is 12.3. The van der Waals surface area contributed by atoms with Gasteiger partial charge in [-0.3, -0.25) is 0 Å². The molecule has 2 N–H and O–H groups in total. The number of ether oxygens (including phenoxy) is 1. The molecule has 0 unspecified atom stereocenters. The van der Waals surface area contributed by atoms with E-state index in [9.17, 15) is 13.2 Å². The Morgan fingerprint density at radius 1 is 1.44 bits per heavy atom. The van der Waals surface area contributed by atoms with E-state index in [1.165, 1.54) is 25.3 Å². The number of nitrogens with two attached hydrogens (primary N) is 1. The maximum Gasteiger partial charge on any atom is 0.416 e. The van der Waals surface area contributed by atoms with Crippen molar-refractivity contribution in [1.82, 2.24) is 0 Å². The van der Waals surface area contributed by atoms with Crippen LogP contribution < -0.4 is 10.5 Å². The number of methoxy groups -OCH3 is 1. The second-order valence-corrected chi connectivity index (χ2v) is 3.21. The van der Waals surface area contributed by atoms with Crippen LogP contribution in [-0.4, -0.2) is 7.11 Å². The van der Waals surface area contributed by atoms with E-state index in [0.29, 0.717) is 0 Å². The lowest BCUT2D eigenvalue weighted by molar-refractivity contribution is -0.138. The lowest BCUT2D eigenvalue weighted by Crippen LogP contribution is -2.16. The van der Waals surface area contributed by atoms with E-state index in [0.717, 1.165) is 6.07 Å². The van der Waals surface area contributed by atoms with Gasteiger partial charge in [0.1, 0.15) is 5.75 Å². The van der Waals surface area contributed by atoms with Crippen molar-refractivity contribution in [3.63, 3.8) is 0 Å². The van der Waals surface area contributed by atoms with E-state index in [4.69, 9.17) is 10.5 Å². The maximum atomic E-state index is 12.7. The third-order valence-electron chi connectivity index (χ3n) is 2.18. The van der Waals surface area contributed by atoms with Crippen molar-refractivity contribution in [1.29, 1.82) is 0 Å².